The van der Waals surface area contributed by atoms with Crippen LogP contribution < -0.4 is 5.32 Å². The molecule has 3 aliphatic heterocycles. The van der Waals surface area contributed by atoms with Gasteiger partial charge in [0.25, 0.3) is 5.91 Å². The van der Waals surface area contributed by atoms with Gasteiger partial charge < -0.3 is 20.2 Å². The summed E-state index contributed by atoms with van der Waals surface area (Å²) in [5, 5.41) is 12.1. The van der Waals surface area contributed by atoms with Crippen LogP contribution in [0.25, 0.3) is 0 Å². The molecule has 0 aromatic heterocycles. The quantitative estimate of drug-likeness (QED) is 0.775. The van der Waals surface area contributed by atoms with Crippen LogP contribution in [-0.4, -0.2) is 68.7 Å². The van der Waals surface area contributed by atoms with Crippen molar-refractivity contribution in [2.75, 3.05) is 13.2 Å². The van der Waals surface area contributed by atoms with Crippen LogP contribution in [0.15, 0.2) is 24.3 Å². The highest BCUT2D eigenvalue weighted by Gasteiger charge is 2.57. The molecule has 0 saturated carbocycles. The number of fused-ring (bicyclic) bond motifs is 3. The number of aliphatic hydroxyl groups is 1. The molecule has 0 aliphatic carbocycles. The summed E-state index contributed by atoms with van der Waals surface area (Å²) >= 11 is 1.60. The number of hydrogen-bond acceptors (Lipinski definition) is 5. The van der Waals surface area contributed by atoms with Gasteiger partial charge in [-0.2, -0.15) is 0 Å². The van der Waals surface area contributed by atoms with Crippen molar-refractivity contribution in [2.24, 2.45) is 0 Å². The maximum Gasteiger partial charge on any atom is 0.256 e. The fraction of sp³-hybridized carbons (Fsp3) is 0.571. The molecule has 1 aromatic carbocycles. The lowest BCUT2D eigenvalue weighted by Gasteiger charge is -2.32. The number of aliphatic hydroxyl groups excluding tert-OH is 1. The molecule has 4 rings (SSSR count). The van der Waals surface area contributed by atoms with Crippen molar-refractivity contribution in [2.45, 2.75) is 61.9 Å². The van der Waals surface area contributed by atoms with Gasteiger partial charge in [0.05, 0.1) is 12.6 Å². The van der Waals surface area contributed by atoms with E-state index in [-0.39, 0.29) is 35.7 Å². The van der Waals surface area contributed by atoms with Crippen LogP contribution in [0.2, 0.25) is 0 Å². The fourth-order valence-electron chi connectivity index (χ4n) is 4.72. The van der Waals surface area contributed by atoms with Crippen molar-refractivity contribution >= 4 is 29.5 Å². The fourth-order valence-corrected chi connectivity index (χ4v) is 6.31. The Balaban J connectivity index is 1.52. The predicted octanol–water partition coefficient (Wildman–Crippen LogP) is 1.52. The minimum atomic E-state index is -0.713. The molecule has 1 aromatic rings. The summed E-state index contributed by atoms with van der Waals surface area (Å²) < 4.78 is -0.484. The highest BCUT2D eigenvalue weighted by Crippen LogP contribution is 2.56. The lowest BCUT2D eigenvalue weighted by molar-refractivity contribution is -0.138. The molecule has 2 saturated heterocycles. The number of hydrogen-bond donors (Lipinski definition) is 2. The van der Waals surface area contributed by atoms with Gasteiger partial charge in [0.1, 0.15) is 17.5 Å². The predicted molar refractivity (Wildman–Crippen MR) is 110 cm³/mol. The molecular weight excluding hydrogens is 390 g/mol. The Kier molecular flexibility index (Phi) is 5.11. The third-order valence-electron chi connectivity index (χ3n) is 6.14. The number of likely N-dealkylation sites (tertiary alicyclic amines) is 1. The summed E-state index contributed by atoms with van der Waals surface area (Å²) in [7, 11) is 0. The molecule has 156 valence electrons. The van der Waals surface area contributed by atoms with E-state index in [0.717, 1.165) is 18.4 Å². The number of amides is 3. The smallest absolute Gasteiger partial charge is 0.256 e. The normalized spacial score (nSPS) is 28.3. The van der Waals surface area contributed by atoms with Gasteiger partial charge >= 0.3 is 0 Å². The largest absolute Gasteiger partial charge is 0.394 e. The van der Waals surface area contributed by atoms with Crippen LogP contribution in [-0.2, 0) is 9.59 Å². The summed E-state index contributed by atoms with van der Waals surface area (Å²) in [4.78, 5) is 42.4. The molecule has 2 N–H and O–H groups in total. The average Bonchev–Trinajstić information content (AvgIpc) is 3.34. The van der Waals surface area contributed by atoms with E-state index in [4.69, 9.17) is 0 Å². The molecule has 4 atom stereocenters. The standard InChI is InChI=1S/C21H27N3O4S/c1-12(18(27)23-10-6-7-13(23)11-25)22-17(26)16-21(2,3)29-20-15-9-5-4-8-14(15)19(28)24(16)20/h4-5,8-9,12-13,16,20,25H,6-7,10-11H2,1-3H3,(H,22,26)/t12-,13-,16+,20-/m0/s1. The monoisotopic (exact) mass is 417 g/mol. The van der Waals surface area contributed by atoms with Gasteiger partial charge in [-0.15, -0.1) is 11.8 Å². The van der Waals surface area contributed by atoms with Gasteiger partial charge in [0.2, 0.25) is 11.8 Å². The second-order valence-corrected chi connectivity index (χ2v) is 10.3. The number of benzene rings is 1. The number of nitrogens with zero attached hydrogens (tertiary/aromatic N) is 2. The van der Waals surface area contributed by atoms with E-state index in [1.165, 1.54) is 0 Å². The first-order chi connectivity index (χ1) is 13.8. The highest BCUT2D eigenvalue weighted by molar-refractivity contribution is 8.01. The second-order valence-electron chi connectivity index (χ2n) is 8.52. The summed E-state index contributed by atoms with van der Waals surface area (Å²) in [5.74, 6) is -0.639. The first-order valence-corrected chi connectivity index (χ1v) is 11.0. The molecule has 0 bridgehead atoms. The molecule has 0 spiro atoms. The number of rotatable bonds is 4. The molecular formula is C21H27N3O4S. The van der Waals surface area contributed by atoms with E-state index < -0.39 is 16.8 Å². The highest BCUT2D eigenvalue weighted by atomic mass is 32.2. The third kappa shape index (κ3) is 3.22. The van der Waals surface area contributed by atoms with Gasteiger partial charge in [-0.25, -0.2) is 0 Å². The van der Waals surface area contributed by atoms with Gasteiger partial charge in [0.15, 0.2) is 0 Å². The number of nitrogens with one attached hydrogen (secondary N) is 1. The average molecular weight is 418 g/mol. The zero-order valence-corrected chi connectivity index (χ0v) is 17.7. The summed E-state index contributed by atoms with van der Waals surface area (Å²) in [6.07, 6.45) is 1.63. The van der Waals surface area contributed by atoms with E-state index in [1.54, 1.807) is 34.6 Å². The number of thioether (sulfide) groups is 1. The van der Waals surface area contributed by atoms with Gasteiger partial charge in [-0.1, -0.05) is 18.2 Å². The zero-order chi connectivity index (χ0) is 20.9. The summed E-state index contributed by atoms with van der Waals surface area (Å²) in [6, 6.07) is 5.92. The molecule has 3 heterocycles. The van der Waals surface area contributed by atoms with E-state index in [9.17, 15) is 19.5 Å². The first-order valence-electron chi connectivity index (χ1n) is 10.1. The maximum absolute atomic E-state index is 13.2. The lowest BCUT2D eigenvalue weighted by atomic mass is 10.0. The Morgan fingerprint density at radius 1 is 1.34 bits per heavy atom. The van der Waals surface area contributed by atoms with Crippen LogP contribution >= 0.6 is 11.8 Å². The number of carbonyl (C=O) groups excluding carboxylic acids is 3. The lowest BCUT2D eigenvalue weighted by Crippen LogP contribution is -2.57. The van der Waals surface area contributed by atoms with Crippen LogP contribution in [0.5, 0.6) is 0 Å². The molecule has 29 heavy (non-hydrogen) atoms. The van der Waals surface area contributed by atoms with E-state index in [0.29, 0.717) is 12.1 Å². The Bertz CT molecular complexity index is 858. The summed E-state index contributed by atoms with van der Waals surface area (Å²) in [6.45, 7) is 6.12. The Labute approximate surface area is 174 Å². The second kappa shape index (κ2) is 7.32. The van der Waals surface area contributed by atoms with Crippen molar-refractivity contribution < 1.29 is 19.5 Å². The van der Waals surface area contributed by atoms with Gasteiger partial charge in [-0.05, 0) is 45.2 Å². The van der Waals surface area contributed by atoms with Gasteiger partial charge in [-0.3, -0.25) is 14.4 Å². The molecule has 0 unspecified atom stereocenters. The minimum absolute atomic E-state index is 0.0685. The van der Waals surface area contributed by atoms with Gasteiger partial charge in [0, 0.05) is 16.9 Å². The van der Waals surface area contributed by atoms with E-state index in [1.807, 2.05) is 32.0 Å². The van der Waals surface area contributed by atoms with E-state index in [2.05, 4.69) is 5.32 Å². The molecule has 7 nitrogen and oxygen atoms in total. The SMILES string of the molecule is C[C@H](NC(=O)[C@H]1N2C(=O)c3ccccc3[C@@H]2SC1(C)C)C(=O)N1CCC[C@H]1CO. The Morgan fingerprint density at radius 3 is 2.79 bits per heavy atom. The van der Waals surface area contributed by atoms with Crippen LogP contribution in [0.3, 0.4) is 0 Å². The molecule has 0 radical (unpaired) electrons. The molecule has 3 amide bonds. The number of carbonyl (C=O) groups is 3. The third-order valence-corrected chi connectivity index (χ3v) is 7.68. The van der Waals surface area contributed by atoms with Crippen molar-refractivity contribution in [1.82, 2.24) is 15.1 Å². The molecule has 3 aliphatic rings. The molecule has 2 fully saturated rings. The molecule has 8 heteroatoms. The van der Waals surface area contributed by atoms with Crippen LogP contribution in [0, 0.1) is 0 Å². The summed E-state index contributed by atoms with van der Waals surface area (Å²) in [5.41, 5.74) is 1.59. The Morgan fingerprint density at radius 2 is 2.07 bits per heavy atom. The zero-order valence-electron chi connectivity index (χ0n) is 16.9. The first kappa shape index (κ1) is 20.2. The van der Waals surface area contributed by atoms with Crippen molar-refractivity contribution in [3.8, 4) is 0 Å². The van der Waals surface area contributed by atoms with E-state index >= 15 is 0 Å². The van der Waals surface area contributed by atoms with Crippen LogP contribution in [0.1, 0.15) is 54.9 Å². The minimum Gasteiger partial charge on any atom is -0.394 e. The Hall–Kier alpha value is -2.06. The van der Waals surface area contributed by atoms with Crippen LogP contribution in [0.4, 0.5) is 0 Å². The van der Waals surface area contributed by atoms with Crippen molar-refractivity contribution in [3.63, 3.8) is 0 Å². The van der Waals surface area contributed by atoms with Crippen molar-refractivity contribution in [3.05, 3.63) is 35.4 Å². The van der Waals surface area contributed by atoms with Crippen molar-refractivity contribution in [1.29, 1.82) is 0 Å². The maximum atomic E-state index is 13.2. The topological polar surface area (TPSA) is 90.0 Å².